The van der Waals surface area contributed by atoms with Crippen molar-refractivity contribution in [2.45, 2.75) is 38.4 Å². The van der Waals surface area contributed by atoms with Gasteiger partial charge in [-0.3, -0.25) is 19.7 Å². The van der Waals surface area contributed by atoms with Gasteiger partial charge in [0.15, 0.2) is 5.11 Å². The number of nitrogens with one attached hydrogen (secondary N) is 3. The minimum Gasteiger partial charge on any atom is -0.362 e. The highest BCUT2D eigenvalue weighted by molar-refractivity contribution is 7.80. The molecule has 1 unspecified atom stereocenters. The Balaban J connectivity index is 1.26. The fourth-order valence-electron chi connectivity index (χ4n) is 3.68. The van der Waals surface area contributed by atoms with Gasteiger partial charge in [-0.15, -0.1) is 11.3 Å². The summed E-state index contributed by atoms with van der Waals surface area (Å²) in [6, 6.07) is 11.6. The van der Waals surface area contributed by atoms with Crippen LogP contribution >= 0.6 is 23.6 Å². The van der Waals surface area contributed by atoms with E-state index in [1.54, 1.807) is 4.90 Å². The van der Waals surface area contributed by atoms with Crippen LogP contribution in [0.5, 0.6) is 0 Å². The third kappa shape index (κ3) is 4.52. The number of thiocarbonyl (C=S) groups is 1. The summed E-state index contributed by atoms with van der Waals surface area (Å²) >= 11 is 6.76. The van der Waals surface area contributed by atoms with Gasteiger partial charge < -0.3 is 15.5 Å². The van der Waals surface area contributed by atoms with Gasteiger partial charge in [-0.1, -0.05) is 30.3 Å². The highest BCUT2D eigenvalue weighted by Gasteiger charge is 2.40. The fourth-order valence-corrected chi connectivity index (χ4v) is 4.92. The second-order valence-corrected chi connectivity index (χ2v) is 8.86. The molecule has 4 rings (SSSR count). The van der Waals surface area contributed by atoms with Gasteiger partial charge in [0.05, 0.1) is 11.4 Å². The number of hydrogen-bond donors (Lipinski definition) is 3. The fraction of sp³-hybridized carbons (Fsp3) is 0.333. The van der Waals surface area contributed by atoms with Crippen molar-refractivity contribution >= 4 is 46.4 Å². The molecule has 0 spiro atoms. The number of carbonyl (C=O) groups is 3. The third-order valence-corrected chi connectivity index (χ3v) is 6.66. The van der Waals surface area contributed by atoms with E-state index in [4.69, 9.17) is 12.2 Å². The molecule has 0 radical (unpaired) electrons. The van der Waals surface area contributed by atoms with Crippen molar-refractivity contribution in [2.24, 2.45) is 0 Å². The molecule has 1 aromatic heterocycles. The Hall–Kier alpha value is -2.78. The van der Waals surface area contributed by atoms with Crippen molar-refractivity contribution in [1.82, 2.24) is 20.9 Å². The lowest BCUT2D eigenvalue weighted by molar-refractivity contribution is -0.136. The minimum atomic E-state index is -0.572. The highest BCUT2D eigenvalue weighted by Crippen LogP contribution is 2.33. The topological polar surface area (TPSA) is 90.5 Å². The Morgan fingerprint density at radius 1 is 1.20 bits per heavy atom. The van der Waals surface area contributed by atoms with Crippen LogP contribution in [-0.4, -0.2) is 40.3 Å². The van der Waals surface area contributed by atoms with Crippen molar-refractivity contribution in [3.63, 3.8) is 0 Å². The molecule has 2 aromatic rings. The van der Waals surface area contributed by atoms with Crippen LogP contribution in [0.2, 0.25) is 0 Å². The van der Waals surface area contributed by atoms with E-state index < -0.39 is 6.04 Å². The van der Waals surface area contributed by atoms with E-state index in [9.17, 15) is 14.4 Å². The van der Waals surface area contributed by atoms with Gasteiger partial charge in [0.1, 0.15) is 6.04 Å². The molecule has 7 nitrogen and oxygen atoms in total. The normalized spacial score (nSPS) is 18.2. The van der Waals surface area contributed by atoms with Crippen LogP contribution in [0.1, 0.15) is 38.5 Å². The smallest absolute Gasteiger partial charge is 0.265 e. The average Bonchev–Trinajstić information content (AvgIpc) is 3.26. The Kier molecular flexibility index (Phi) is 6.10. The number of amides is 3. The third-order valence-electron chi connectivity index (χ3n) is 5.21. The van der Waals surface area contributed by atoms with Gasteiger partial charge in [0.25, 0.3) is 5.91 Å². The maximum absolute atomic E-state index is 12.8. The number of carbonyl (C=O) groups excluding carboxylic acids is 3. The van der Waals surface area contributed by atoms with Crippen molar-refractivity contribution in [3.05, 3.63) is 57.3 Å². The summed E-state index contributed by atoms with van der Waals surface area (Å²) in [5.74, 6) is -0.803. The summed E-state index contributed by atoms with van der Waals surface area (Å²) in [5.41, 5.74) is 2.18. The van der Waals surface area contributed by atoms with E-state index in [2.05, 4.69) is 28.1 Å². The van der Waals surface area contributed by atoms with Crippen LogP contribution < -0.4 is 16.0 Å². The average molecular weight is 443 g/mol. The van der Waals surface area contributed by atoms with Crippen LogP contribution in [0.15, 0.2) is 36.4 Å². The summed E-state index contributed by atoms with van der Waals surface area (Å²) in [7, 11) is 0. The first-order valence-corrected chi connectivity index (χ1v) is 11.1. The molecule has 0 aliphatic carbocycles. The summed E-state index contributed by atoms with van der Waals surface area (Å²) in [5, 5.41) is 9.27. The van der Waals surface area contributed by atoms with Gasteiger partial charge >= 0.3 is 0 Å². The zero-order valence-corrected chi connectivity index (χ0v) is 17.9. The Labute approximate surface area is 183 Å². The molecule has 1 saturated heterocycles. The maximum Gasteiger partial charge on any atom is 0.265 e. The van der Waals surface area contributed by atoms with E-state index in [0.717, 1.165) is 23.4 Å². The van der Waals surface area contributed by atoms with Gasteiger partial charge in [-0.2, -0.15) is 0 Å². The first-order chi connectivity index (χ1) is 14.5. The predicted molar refractivity (Wildman–Crippen MR) is 118 cm³/mol. The molecule has 3 amide bonds. The molecule has 1 aromatic carbocycles. The Morgan fingerprint density at radius 3 is 2.73 bits per heavy atom. The van der Waals surface area contributed by atoms with Crippen LogP contribution in [-0.2, 0) is 29.1 Å². The molecule has 0 saturated carbocycles. The molecule has 2 aliphatic rings. The number of thiophene rings is 1. The molecule has 3 heterocycles. The summed E-state index contributed by atoms with van der Waals surface area (Å²) in [6.45, 7) is 1.69. The van der Waals surface area contributed by atoms with E-state index in [0.29, 0.717) is 29.5 Å². The number of fused-ring (bicyclic) bond motifs is 1. The molecular formula is C21H22N4O3S2. The largest absolute Gasteiger partial charge is 0.362 e. The van der Waals surface area contributed by atoms with Crippen molar-refractivity contribution in [3.8, 4) is 0 Å². The van der Waals surface area contributed by atoms with Crippen molar-refractivity contribution < 1.29 is 14.4 Å². The Morgan fingerprint density at radius 2 is 2.00 bits per heavy atom. The number of benzene rings is 1. The molecule has 3 N–H and O–H groups in total. The molecule has 1 atom stereocenters. The predicted octanol–water partition coefficient (Wildman–Crippen LogP) is 1.72. The van der Waals surface area contributed by atoms with E-state index in [1.807, 2.05) is 24.3 Å². The number of hydrogen-bond acceptors (Lipinski definition) is 5. The number of piperidine rings is 1. The second-order valence-electron chi connectivity index (χ2n) is 7.31. The number of rotatable bonds is 6. The van der Waals surface area contributed by atoms with Gasteiger partial charge in [-0.05, 0) is 42.3 Å². The highest BCUT2D eigenvalue weighted by atomic mass is 32.1. The maximum atomic E-state index is 12.8. The van der Waals surface area contributed by atoms with E-state index >= 15 is 0 Å². The van der Waals surface area contributed by atoms with E-state index in [-0.39, 0.29) is 24.1 Å². The summed E-state index contributed by atoms with van der Waals surface area (Å²) in [4.78, 5) is 39.4. The number of nitrogens with zero attached hydrogens (tertiary/aromatic N) is 1. The first-order valence-electron chi connectivity index (χ1n) is 9.83. The molecule has 156 valence electrons. The lowest BCUT2D eigenvalue weighted by atomic mass is 10.0. The van der Waals surface area contributed by atoms with Crippen LogP contribution in [0, 0.1) is 0 Å². The van der Waals surface area contributed by atoms with E-state index in [1.165, 1.54) is 16.9 Å². The molecule has 0 bridgehead atoms. The minimum absolute atomic E-state index is 0.140. The summed E-state index contributed by atoms with van der Waals surface area (Å²) in [6.07, 6.45) is 1.53. The molecule has 30 heavy (non-hydrogen) atoms. The number of imide groups is 1. The zero-order valence-electron chi connectivity index (χ0n) is 16.3. The van der Waals surface area contributed by atoms with Crippen molar-refractivity contribution in [2.75, 3.05) is 6.54 Å². The lowest BCUT2D eigenvalue weighted by Crippen LogP contribution is -2.52. The molecule has 9 heteroatoms. The molecule has 2 aliphatic heterocycles. The zero-order chi connectivity index (χ0) is 21.1. The first kappa shape index (κ1) is 20.5. The van der Waals surface area contributed by atoms with Crippen LogP contribution in [0.3, 0.4) is 0 Å². The Bertz CT molecular complexity index is 989. The van der Waals surface area contributed by atoms with Gasteiger partial charge in [0.2, 0.25) is 11.8 Å². The summed E-state index contributed by atoms with van der Waals surface area (Å²) < 4.78 is 0. The van der Waals surface area contributed by atoms with Crippen LogP contribution in [0.4, 0.5) is 0 Å². The quantitative estimate of drug-likeness (QED) is 0.466. The lowest BCUT2D eigenvalue weighted by Gasteiger charge is -2.29. The monoisotopic (exact) mass is 442 g/mol. The van der Waals surface area contributed by atoms with Crippen molar-refractivity contribution in [1.29, 1.82) is 0 Å². The molecular weight excluding hydrogens is 420 g/mol. The van der Waals surface area contributed by atoms with Gasteiger partial charge in [0, 0.05) is 24.4 Å². The standard InChI is InChI=1S/C21H22N4O3S2/c26-17-7-6-16(19(27)24-17)25-12-14-10-15(30-18(14)20(25)28)11-23-21(29)22-9-8-13-4-2-1-3-5-13/h1-5,10,16H,6-9,11-12H2,(H2,22,23,29)(H,24,26,27). The SMILES string of the molecule is O=C1CCC(N2Cc3cc(CNC(=S)NCCc4ccccc4)sc3C2=O)C(=O)N1. The second kappa shape index (κ2) is 8.93. The van der Waals surface area contributed by atoms with Gasteiger partial charge in [-0.25, -0.2) is 0 Å². The van der Waals surface area contributed by atoms with Crippen LogP contribution in [0.25, 0.3) is 0 Å². The molecule has 1 fully saturated rings.